The summed E-state index contributed by atoms with van der Waals surface area (Å²) in [6.45, 7) is 2.84. The van der Waals surface area contributed by atoms with Crippen molar-refractivity contribution in [3.63, 3.8) is 0 Å². The Labute approximate surface area is 73.6 Å². The number of hydrogen-bond acceptors (Lipinski definition) is 5. The van der Waals surface area contributed by atoms with Crippen molar-refractivity contribution in [1.29, 1.82) is 0 Å². The molecule has 5 nitrogen and oxygen atoms in total. The quantitative estimate of drug-likeness (QED) is 0.435. The number of aliphatic hydroxyl groups excluding tert-OH is 1. The minimum absolute atomic E-state index is 0.0833. The van der Waals surface area contributed by atoms with Crippen molar-refractivity contribution in [2.45, 2.75) is 0 Å². The number of ether oxygens (including phenoxy) is 2. The zero-order chi connectivity index (χ0) is 9.66. The molecule has 0 saturated heterocycles. The second kappa shape index (κ2) is 17.0. The summed E-state index contributed by atoms with van der Waals surface area (Å²) in [5.41, 5.74) is 10.1. The van der Waals surface area contributed by atoms with Gasteiger partial charge in [0.05, 0.1) is 26.4 Å². The monoisotopic (exact) mass is 180 g/mol. The first kappa shape index (κ1) is 14.3. The van der Waals surface area contributed by atoms with Gasteiger partial charge in [0.2, 0.25) is 0 Å². The van der Waals surface area contributed by atoms with Crippen LogP contribution in [0.2, 0.25) is 0 Å². The Hall–Kier alpha value is -0.200. The first-order valence-electron chi connectivity index (χ1n) is 3.91. The van der Waals surface area contributed by atoms with Gasteiger partial charge in [-0.3, -0.25) is 0 Å². The van der Waals surface area contributed by atoms with Crippen LogP contribution in [0.4, 0.5) is 0 Å². The van der Waals surface area contributed by atoms with Crippen molar-refractivity contribution in [2.24, 2.45) is 11.5 Å². The van der Waals surface area contributed by atoms with E-state index in [9.17, 15) is 0 Å². The summed E-state index contributed by atoms with van der Waals surface area (Å²) in [4.78, 5) is 0. The van der Waals surface area contributed by atoms with Crippen molar-refractivity contribution in [2.75, 3.05) is 46.6 Å². The van der Waals surface area contributed by atoms with E-state index >= 15 is 0 Å². The zero-order valence-electron chi connectivity index (χ0n) is 7.66. The fourth-order valence-electron chi connectivity index (χ4n) is 0.368. The van der Waals surface area contributed by atoms with Crippen LogP contribution in [0, 0.1) is 0 Å². The fourth-order valence-corrected chi connectivity index (χ4v) is 0.368. The molecule has 0 bridgehead atoms. The molecule has 0 spiro atoms. The highest BCUT2D eigenvalue weighted by molar-refractivity contribution is 4.28. The van der Waals surface area contributed by atoms with E-state index in [1.807, 2.05) is 0 Å². The molecule has 0 fully saturated rings. The van der Waals surface area contributed by atoms with Gasteiger partial charge in [-0.25, -0.2) is 0 Å². The molecule has 0 atom stereocenters. The standard InChI is InChI=1S/C4H11NO2.C3H9NO/c5-1-3-7-4-2-6;1-5-3-2-4/h6H,1-5H2;2-4H2,1H3. The lowest BCUT2D eigenvalue weighted by Crippen LogP contribution is -2.10. The number of nitrogens with two attached hydrogens (primary N) is 2. The van der Waals surface area contributed by atoms with E-state index in [1.54, 1.807) is 7.11 Å². The molecule has 0 aliphatic rings. The van der Waals surface area contributed by atoms with Crippen LogP contribution in [0.25, 0.3) is 0 Å². The van der Waals surface area contributed by atoms with Gasteiger partial charge in [0.25, 0.3) is 0 Å². The van der Waals surface area contributed by atoms with Gasteiger partial charge in [-0.2, -0.15) is 0 Å². The van der Waals surface area contributed by atoms with Gasteiger partial charge >= 0.3 is 0 Å². The number of aliphatic hydroxyl groups is 1. The second-order valence-electron chi connectivity index (χ2n) is 1.91. The van der Waals surface area contributed by atoms with Crippen LogP contribution in [0.5, 0.6) is 0 Å². The van der Waals surface area contributed by atoms with Crippen LogP contribution < -0.4 is 11.5 Å². The first-order chi connectivity index (χ1) is 5.83. The lowest BCUT2D eigenvalue weighted by atomic mass is 10.7. The minimum Gasteiger partial charge on any atom is -0.394 e. The van der Waals surface area contributed by atoms with Crippen LogP contribution in [-0.4, -0.2) is 51.7 Å². The smallest absolute Gasteiger partial charge is 0.0698 e. The molecule has 0 aromatic heterocycles. The van der Waals surface area contributed by atoms with Crippen LogP contribution in [0.1, 0.15) is 0 Å². The van der Waals surface area contributed by atoms with Gasteiger partial charge in [-0.1, -0.05) is 0 Å². The maximum atomic E-state index is 8.13. The molecule has 0 unspecified atom stereocenters. The molecule has 5 heteroatoms. The SMILES string of the molecule is COCCN.NCCOCCO. The van der Waals surface area contributed by atoms with Gasteiger partial charge in [0, 0.05) is 20.2 Å². The average molecular weight is 180 g/mol. The highest BCUT2D eigenvalue weighted by Gasteiger charge is 1.78. The molecule has 0 saturated carbocycles. The van der Waals surface area contributed by atoms with Crippen LogP contribution >= 0.6 is 0 Å². The summed E-state index contributed by atoms with van der Waals surface area (Å²) in [5, 5.41) is 8.13. The van der Waals surface area contributed by atoms with Crippen molar-refractivity contribution >= 4 is 0 Å². The largest absolute Gasteiger partial charge is 0.394 e. The lowest BCUT2D eigenvalue weighted by Gasteiger charge is -1.95. The van der Waals surface area contributed by atoms with Gasteiger partial charge in [0.1, 0.15) is 0 Å². The number of rotatable bonds is 6. The second-order valence-corrected chi connectivity index (χ2v) is 1.91. The molecule has 0 amide bonds. The third kappa shape index (κ3) is 22.6. The predicted octanol–water partition coefficient (Wildman–Crippen LogP) is -1.45. The van der Waals surface area contributed by atoms with E-state index in [4.69, 9.17) is 21.3 Å². The van der Waals surface area contributed by atoms with E-state index in [0.29, 0.717) is 32.9 Å². The van der Waals surface area contributed by atoms with Gasteiger partial charge in [0.15, 0.2) is 0 Å². The Bertz CT molecular complexity index is 58.6. The van der Waals surface area contributed by atoms with Crippen LogP contribution in [-0.2, 0) is 9.47 Å². The normalized spacial score (nSPS) is 9.00. The topological polar surface area (TPSA) is 90.7 Å². The zero-order valence-corrected chi connectivity index (χ0v) is 7.66. The Morgan fingerprint density at radius 1 is 1.08 bits per heavy atom. The predicted molar refractivity (Wildman–Crippen MR) is 47.9 cm³/mol. The fraction of sp³-hybridized carbons (Fsp3) is 1.00. The van der Waals surface area contributed by atoms with E-state index in [2.05, 4.69) is 4.74 Å². The molecule has 0 aliphatic carbocycles. The minimum atomic E-state index is 0.0833. The maximum absolute atomic E-state index is 8.13. The van der Waals surface area contributed by atoms with Crippen molar-refractivity contribution in [3.05, 3.63) is 0 Å². The Balaban J connectivity index is 0. The third-order valence-electron chi connectivity index (χ3n) is 0.820. The highest BCUT2D eigenvalue weighted by atomic mass is 16.5. The summed E-state index contributed by atoms with van der Waals surface area (Å²) in [5.74, 6) is 0. The Morgan fingerprint density at radius 3 is 1.92 bits per heavy atom. The average Bonchev–Trinajstić information content (AvgIpc) is 2.08. The Kier molecular flexibility index (Phi) is 20.4. The van der Waals surface area contributed by atoms with E-state index < -0.39 is 0 Å². The molecule has 5 N–H and O–H groups in total. The summed E-state index contributed by atoms with van der Waals surface area (Å²) >= 11 is 0. The van der Waals surface area contributed by atoms with E-state index in [1.165, 1.54) is 0 Å². The third-order valence-corrected chi connectivity index (χ3v) is 0.820. The molecule has 0 aromatic rings. The lowest BCUT2D eigenvalue weighted by molar-refractivity contribution is 0.0976. The molecule has 0 heterocycles. The van der Waals surface area contributed by atoms with Crippen molar-refractivity contribution in [3.8, 4) is 0 Å². The van der Waals surface area contributed by atoms with Gasteiger partial charge in [-0.15, -0.1) is 0 Å². The molecule has 0 radical (unpaired) electrons. The summed E-state index contributed by atoms with van der Waals surface area (Å²) in [6, 6.07) is 0. The number of hydrogen-bond donors (Lipinski definition) is 3. The number of methoxy groups -OCH3 is 1. The molecular formula is C7H20N2O3. The summed E-state index contributed by atoms with van der Waals surface area (Å²) in [7, 11) is 1.63. The van der Waals surface area contributed by atoms with E-state index in [0.717, 1.165) is 0 Å². The maximum Gasteiger partial charge on any atom is 0.0698 e. The highest BCUT2D eigenvalue weighted by Crippen LogP contribution is 1.66. The summed E-state index contributed by atoms with van der Waals surface area (Å²) in [6.07, 6.45) is 0. The first-order valence-corrected chi connectivity index (χ1v) is 3.91. The van der Waals surface area contributed by atoms with Gasteiger partial charge in [-0.05, 0) is 0 Å². The molecule has 0 rings (SSSR count). The van der Waals surface area contributed by atoms with Crippen molar-refractivity contribution in [1.82, 2.24) is 0 Å². The Morgan fingerprint density at radius 2 is 1.67 bits per heavy atom. The van der Waals surface area contributed by atoms with E-state index in [-0.39, 0.29) is 6.61 Å². The van der Waals surface area contributed by atoms with Crippen LogP contribution in [0.3, 0.4) is 0 Å². The molecule has 12 heavy (non-hydrogen) atoms. The van der Waals surface area contributed by atoms with Crippen LogP contribution in [0.15, 0.2) is 0 Å². The summed E-state index contributed by atoms with van der Waals surface area (Å²) < 4.78 is 9.32. The molecule has 0 aromatic carbocycles. The molecular weight excluding hydrogens is 160 g/mol. The van der Waals surface area contributed by atoms with Gasteiger partial charge < -0.3 is 26.0 Å². The molecule has 76 valence electrons. The van der Waals surface area contributed by atoms with Crippen molar-refractivity contribution < 1.29 is 14.6 Å². The molecule has 0 aliphatic heterocycles.